The van der Waals surface area contributed by atoms with E-state index < -0.39 is 0 Å². The second-order valence-corrected chi connectivity index (χ2v) is 4.84. The topological polar surface area (TPSA) is 3.24 Å². The minimum absolute atomic E-state index is 0.924. The van der Waals surface area contributed by atoms with Crippen molar-refractivity contribution in [3.05, 3.63) is 0 Å². The van der Waals surface area contributed by atoms with Crippen LogP contribution in [-0.2, 0) is 0 Å². The van der Waals surface area contributed by atoms with Crippen LogP contribution in [0.3, 0.4) is 0 Å². The van der Waals surface area contributed by atoms with Crippen LogP contribution in [-0.4, -0.2) is 25.0 Å². The monoisotopic (exact) mass is 197 g/mol. The lowest BCUT2D eigenvalue weighted by atomic mass is 9.68. The molecule has 2 saturated carbocycles. The predicted molar refractivity (Wildman–Crippen MR) is 63.5 cm³/mol. The molecule has 0 saturated heterocycles. The predicted octanol–water partition coefficient (Wildman–Crippen LogP) is 3.54. The molecule has 0 unspecified atom stereocenters. The SMILES string of the molecule is CC.CN(C)C1C2CCCC1CCC2. The quantitative estimate of drug-likeness (QED) is 0.621. The number of hydrogen-bond acceptors (Lipinski definition) is 1. The molecule has 1 nitrogen and oxygen atoms in total. The van der Waals surface area contributed by atoms with Gasteiger partial charge in [-0.1, -0.05) is 26.7 Å². The first-order valence-electron chi connectivity index (χ1n) is 6.45. The van der Waals surface area contributed by atoms with E-state index in [4.69, 9.17) is 0 Å². The van der Waals surface area contributed by atoms with Crippen molar-refractivity contribution in [3.8, 4) is 0 Å². The van der Waals surface area contributed by atoms with Crippen LogP contribution < -0.4 is 0 Å². The van der Waals surface area contributed by atoms with Gasteiger partial charge in [0.1, 0.15) is 0 Å². The molecule has 14 heavy (non-hydrogen) atoms. The van der Waals surface area contributed by atoms with Gasteiger partial charge in [-0.2, -0.15) is 0 Å². The molecule has 0 radical (unpaired) electrons. The summed E-state index contributed by atoms with van der Waals surface area (Å²) in [4.78, 5) is 2.48. The van der Waals surface area contributed by atoms with Crippen LogP contribution >= 0.6 is 0 Å². The highest BCUT2D eigenvalue weighted by atomic mass is 15.1. The Labute approximate surface area is 89.9 Å². The standard InChI is InChI=1S/C11H21N.C2H6/c1-12(2)11-9-5-3-6-10(11)8-4-7-9;1-2/h9-11H,3-8H2,1-2H3;1-2H3. The van der Waals surface area contributed by atoms with Gasteiger partial charge in [-0.05, 0) is 51.6 Å². The number of hydrogen-bond donors (Lipinski definition) is 0. The number of nitrogens with zero attached hydrogens (tertiary/aromatic N) is 1. The van der Waals surface area contributed by atoms with E-state index in [1.165, 1.54) is 38.5 Å². The average Bonchev–Trinajstić information content (AvgIpc) is 2.19. The van der Waals surface area contributed by atoms with E-state index in [9.17, 15) is 0 Å². The Morgan fingerprint density at radius 3 is 1.36 bits per heavy atom. The van der Waals surface area contributed by atoms with Crippen molar-refractivity contribution in [1.82, 2.24) is 4.90 Å². The molecule has 0 amide bonds. The van der Waals surface area contributed by atoms with Crippen molar-refractivity contribution in [1.29, 1.82) is 0 Å². The van der Waals surface area contributed by atoms with Crippen LogP contribution in [0.25, 0.3) is 0 Å². The van der Waals surface area contributed by atoms with Gasteiger partial charge in [-0.15, -0.1) is 0 Å². The van der Waals surface area contributed by atoms with Gasteiger partial charge in [0.25, 0.3) is 0 Å². The lowest BCUT2D eigenvalue weighted by Crippen LogP contribution is -2.46. The van der Waals surface area contributed by atoms with E-state index >= 15 is 0 Å². The molecule has 0 aromatic rings. The van der Waals surface area contributed by atoms with Crippen molar-refractivity contribution < 1.29 is 0 Å². The van der Waals surface area contributed by atoms with Crippen molar-refractivity contribution in [3.63, 3.8) is 0 Å². The zero-order valence-electron chi connectivity index (χ0n) is 10.4. The zero-order chi connectivity index (χ0) is 10.6. The molecule has 0 aliphatic heterocycles. The molecule has 0 heterocycles. The Bertz CT molecular complexity index is 131. The first-order valence-corrected chi connectivity index (χ1v) is 6.45. The Balaban J connectivity index is 0.000000461. The summed E-state index contributed by atoms with van der Waals surface area (Å²) < 4.78 is 0. The van der Waals surface area contributed by atoms with Gasteiger partial charge in [0, 0.05) is 6.04 Å². The fraction of sp³-hybridized carbons (Fsp3) is 1.00. The van der Waals surface area contributed by atoms with Crippen molar-refractivity contribution in [2.45, 2.75) is 58.4 Å². The van der Waals surface area contributed by atoms with E-state index in [0.29, 0.717) is 0 Å². The molecule has 0 aromatic carbocycles. The van der Waals surface area contributed by atoms with Crippen molar-refractivity contribution >= 4 is 0 Å². The number of rotatable bonds is 1. The summed E-state index contributed by atoms with van der Waals surface area (Å²) in [6.07, 6.45) is 9.00. The minimum atomic E-state index is 0.924. The molecular formula is C13H27N. The van der Waals surface area contributed by atoms with E-state index in [1.807, 2.05) is 13.8 Å². The maximum Gasteiger partial charge on any atom is 0.0146 e. The maximum absolute atomic E-state index is 2.48. The van der Waals surface area contributed by atoms with Crippen LogP contribution in [0.1, 0.15) is 52.4 Å². The summed E-state index contributed by atoms with van der Waals surface area (Å²) in [6.45, 7) is 4.00. The van der Waals surface area contributed by atoms with Gasteiger partial charge in [0.15, 0.2) is 0 Å². The Kier molecular flexibility index (Phi) is 4.94. The molecule has 1 heteroatoms. The molecule has 2 aliphatic carbocycles. The highest BCUT2D eigenvalue weighted by Crippen LogP contribution is 2.41. The highest BCUT2D eigenvalue weighted by molar-refractivity contribution is 4.90. The van der Waals surface area contributed by atoms with Crippen LogP contribution in [0, 0.1) is 11.8 Å². The molecule has 0 N–H and O–H groups in total. The average molecular weight is 197 g/mol. The summed E-state index contributed by atoms with van der Waals surface area (Å²) in [5.41, 5.74) is 0. The summed E-state index contributed by atoms with van der Waals surface area (Å²) in [6, 6.07) is 0.924. The third-order valence-electron chi connectivity index (χ3n) is 3.86. The summed E-state index contributed by atoms with van der Waals surface area (Å²) in [5, 5.41) is 0. The minimum Gasteiger partial charge on any atom is -0.306 e. The maximum atomic E-state index is 2.48. The van der Waals surface area contributed by atoms with Gasteiger partial charge in [-0.25, -0.2) is 0 Å². The first kappa shape index (κ1) is 12.0. The van der Waals surface area contributed by atoms with E-state index in [-0.39, 0.29) is 0 Å². The van der Waals surface area contributed by atoms with Crippen LogP contribution in [0.2, 0.25) is 0 Å². The third-order valence-corrected chi connectivity index (χ3v) is 3.86. The van der Waals surface area contributed by atoms with Crippen molar-refractivity contribution in [2.75, 3.05) is 14.1 Å². The molecular weight excluding hydrogens is 170 g/mol. The van der Waals surface area contributed by atoms with Crippen LogP contribution in [0.15, 0.2) is 0 Å². The molecule has 2 fully saturated rings. The number of fused-ring (bicyclic) bond motifs is 2. The lowest BCUT2D eigenvalue weighted by molar-refractivity contribution is 0.0526. The highest BCUT2D eigenvalue weighted by Gasteiger charge is 2.36. The van der Waals surface area contributed by atoms with Crippen LogP contribution in [0.5, 0.6) is 0 Å². The van der Waals surface area contributed by atoms with Crippen LogP contribution in [0.4, 0.5) is 0 Å². The van der Waals surface area contributed by atoms with Gasteiger partial charge in [0.2, 0.25) is 0 Å². The Hall–Kier alpha value is -0.0400. The molecule has 0 spiro atoms. The van der Waals surface area contributed by atoms with Gasteiger partial charge >= 0.3 is 0 Å². The normalized spacial score (nSPS) is 36.2. The van der Waals surface area contributed by atoms with Gasteiger partial charge < -0.3 is 4.90 Å². The largest absolute Gasteiger partial charge is 0.306 e. The molecule has 0 atom stereocenters. The molecule has 2 aliphatic rings. The van der Waals surface area contributed by atoms with E-state index in [2.05, 4.69) is 19.0 Å². The molecule has 2 bridgehead atoms. The lowest BCUT2D eigenvalue weighted by Gasteiger charge is -2.46. The fourth-order valence-electron chi connectivity index (χ4n) is 3.48. The van der Waals surface area contributed by atoms with E-state index in [1.54, 1.807) is 0 Å². The second kappa shape index (κ2) is 5.75. The third kappa shape index (κ3) is 2.50. The van der Waals surface area contributed by atoms with Gasteiger partial charge in [0.05, 0.1) is 0 Å². The van der Waals surface area contributed by atoms with E-state index in [0.717, 1.165) is 17.9 Å². The summed E-state index contributed by atoms with van der Waals surface area (Å²) in [7, 11) is 4.53. The van der Waals surface area contributed by atoms with Gasteiger partial charge in [-0.3, -0.25) is 0 Å². The zero-order valence-corrected chi connectivity index (χ0v) is 10.4. The Morgan fingerprint density at radius 1 is 0.786 bits per heavy atom. The summed E-state index contributed by atoms with van der Waals surface area (Å²) in [5.74, 6) is 2.07. The molecule has 84 valence electrons. The summed E-state index contributed by atoms with van der Waals surface area (Å²) >= 11 is 0. The Morgan fingerprint density at radius 2 is 1.14 bits per heavy atom. The molecule has 2 rings (SSSR count). The second-order valence-electron chi connectivity index (χ2n) is 4.84. The molecule has 0 aromatic heterocycles. The van der Waals surface area contributed by atoms with Crippen molar-refractivity contribution in [2.24, 2.45) is 11.8 Å². The fourth-order valence-corrected chi connectivity index (χ4v) is 3.48. The smallest absolute Gasteiger partial charge is 0.0146 e. The first-order chi connectivity index (χ1) is 6.79.